The molecule has 2 aliphatic heterocycles. The van der Waals surface area contributed by atoms with Crippen LogP contribution in [-0.4, -0.2) is 47.5 Å². The molecule has 25 heavy (non-hydrogen) atoms. The number of amides is 2. The van der Waals surface area contributed by atoms with Crippen LogP contribution in [0.25, 0.3) is 5.57 Å². The van der Waals surface area contributed by atoms with Crippen molar-refractivity contribution in [3.63, 3.8) is 0 Å². The van der Waals surface area contributed by atoms with E-state index in [1.807, 2.05) is 13.8 Å². The summed E-state index contributed by atoms with van der Waals surface area (Å²) in [4.78, 5) is 43.9. The van der Waals surface area contributed by atoms with Gasteiger partial charge < -0.3 is 14.8 Å². The van der Waals surface area contributed by atoms with Crippen molar-refractivity contribution >= 4 is 46.0 Å². The molecule has 1 aromatic carbocycles. The minimum atomic E-state index is -1.36. The zero-order valence-electron chi connectivity index (χ0n) is 13.8. The number of fused-ring (bicyclic) bond motifs is 1. The van der Waals surface area contributed by atoms with Crippen molar-refractivity contribution in [2.45, 2.75) is 13.8 Å². The second-order valence-electron chi connectivity index (χ2n) is 5.39. The van der Waals surface area contributed by atoms with Crippen LogP contribution >= 0.6 is 11.8 Å². The SMILES string of the molecule is CCN=C1S/C(=C2\C(=O)N(CC(=O)[O-])c3ccccc32)C(=O)N1CC. The minimum absolute atomic E-state index is 0.228. The average molecular weight is 358 g/mol. The third-order valence-corrected chi connectivity index (χ3v) is 5.03. The topological polar surface area (TPSA) is 93.1 Å². The summed E-state index contributed by atoms with van der Waals surface area (Å²) in [7, 11) is 0. The first-order valence-electron chi connectivity index (χ1n) is 7.89. The van der Waals surface area contributed by atoms with E-state index in [1.165, 1.54) is 4.90 Å². The number of carboxylic acids is 1. The molecule has 0 saturated carbocycles. The number of anilines is 1. The van der Waals surface area contributed by atoms with E-state index in [0.717, 1.165) is 16.7 Å². The molecule has 2 heterocycles. The summed E-state index contributed by atoms with van der Waals surface area (Å²) in [5.74, 6) is -2.15. The lowest BCUT2D eigenvalue weighted by Gasteiger charge is -2.17. The van der Waals surface area contributed by atoms with Crippen molar-refractivity contribution < 1.29 is 19.5 Å². The number of hydrogen-bond donors (Lipinski definition) is 0. The minimum Gasteiger partial charge on any atom is -0.548 e. The maximum atomic E-state index is 12.8. The highest BCUT2D eigenvalue weighted by Gasteiger charge is 2.41. The van der Waals surface area contributed by atoms with Crippen LogP contribution < -0.4 is 10.0 Å². The summed E-state index contributed by atoms with van der Waals surface area (Å²) in [6, 6.07) is 6.84. The van der Waals surface area contributed by atoms with E-state index >= 15 is 0 Å². The van der Waals surface area contributed by atoms with Gasteiger partial charge in [-0.3, -0.25) is 19.5 Å². The number of aliphatic imine (C=N–C) groups is 1. The van der Waals surface area contributed by atoms with E-state index < -0.39 is 18.4 Å². The fourth-order valence-corrected chi connectivity index (χ4v) is 4.07. The first-order chi connectivity index (χ1) is 12.0. The molecule has 1 aromatic rings. The smallest absolute Gasteiger partial charge is 0.267 e. The molecule has 1 fully saturated rings. The summed E-state index contributed by atoms with van der Waals surface area (Å²) in [5, 5.41) is 11.6. The Morgan fingerprint density at radius 3 is 2.52 bits per heavy atom. The van der Waals surface area contributed by atoms with Gasteiger partial charge in [-0.15, -0.1) is 0 Å². The van der Waals surface area contributed by atoms with E-state index in [4.69, 9.17) is 0 Å². The number of carbonyl (C=O) groups excluding carboxylic acids is 3. The number of carboxylic acid groups (broad SMARTS) is 1. The van der Waals surface area contributed by atoms with Crippen LogP contribution in [0.4, 0.5) is 5.69 Å². The Labute approximate surface area is 149 Å². The molecule has 1 saturated heterocycles. The number of aliphatic carboxylic acids is 1. The molecule has 0 N–H and O–H groups in total. The van der Waals surface area contributed by atoms with E-state index in [9.17, 15) is 19.5 Å². The first-order valence-corrected chi connectivity index (χ1v) is 8.70. The number of thioether (sulfide) groups is 1. The molecule has 0 atom stereocenters. The fourth-order valence-electron chi connectivity index (χ4n) is 2.87. The number of hydrogen-bond acceptors (Lipinski definition) is 6. The van der Waals surface area contributed by atoms with Gasteiger partial charge in [-0.2, -0.15) is 0 Å². The number of benzene rings is 1. The Balaban J connectivity index is 2.15. The van der Waals surface area contributed by atoms with E-state index in [-0.39, 0.29) is 16.4 Å². The number of carbonyl (C=O) groups is 3. The third kappa shape index (κ3) is 2.82. The molecule has 130 valence electrons. The number of nitrogens with zero attached hydrogens (tertiary/aromatic N) is 3. The molecule has 2 aliphatic rings. The average Bonchev–Trinajstić information content (AvgIpc) is 3.02. The highest BCUT2D eigenvalue weighted by Crippen LogP contribution is 2.44. The van der Waals surface area contributed by atoms with Gasteiger partial charge in [0.25, 0.3) is 11.8 Å². The predicted octanol–water partition coefficient (Wildman–Crippen LogP) is 0.465. The lowest BCUT2D eigenvalue weighted by atomic mass is 10.1. The maximum Gasteiger partial charge on any atom is 0.267 e. The van der Waals surface area contributed by atoms with E-state index in [1.54, 1.807) is 24.3 Å². The van der Waals surface area contributed by atoms with Gasteiger partial charge in [0, 0.05) is 18.7 Å². The normalized spacial score (nSPS) is 21.4. The zero-order valence-corrected chi connectivity index (χ0v) is 14.6. The molecule has 3 rings (SSSR count). The van der Waals surface area contributed by atoms with E-state index in [2.05, 4.69) is 4.99 Å². The van der Waals surface area contributed by atoms with Crippen molar-refractivity contribution in [2.24, 2.45) is 4.99 Å². The van der Waals surface area contributed by atoms with Gasteiger partial charge in [0.2, 0.25) is 0 Å². The van der Waals surface area contributed by atoms with Gasteiger partial charge in [-0.1, -0.05) is 18.2 Å². The summed E-state index contributed by atoms with van der Waals surface area (Å²) in [5.41, 5.74) is 1.25. The highest BCUT2D eigenvalue weighted by atomic mass is 32.2. The Morgan fingerprint density at radius 2 is 1.88 bits per heavy atom. The van der Waals surface area contributed by atoms with Crippen LogP contribution in [0.3, 0.4) is 0 Å². The molecule has 0 radical (unpaired) electrons. The predicted molar refractivity (Wildman–Crippen MR) is 93.7 cm³/mol. The monoisotopic (exact) mass is 358 g/mol. The molecular weight excluding hydrogens is 342 g/mol. The zero-order chi connectivity index (χ0) is 18.1. The molecule has 0 spiro atoms. The van der Waals surface area contributed by atoms with Crippen molar-refractivity contribution in [2.75, 3.05) is 24.5 Å². The van der Waals surface area contributed by atoms with Gasteiger partial charge in [0.15, 0.2) is 5.17 Å². The lowest BCUT2D eigenvalue weighted by molar-refractivity contribution is -0.303. The van der Waals surface area contributed by atoms with Crippen molar-refractivity contribution in [3.8, 4) is 0 Å². The summed E-state index contributed by atoms with van der Waals surface area (Å²) in [6.45, 7) is 4.12. The molecule has 0 unspecified atom stereocenters. The Hall–Kier alpha value is -2.61. The lowest BCUT2D eigenvalue weighted by Crippen LogP contribution is -2.39. The maximum absolute atomic E-state index is 12.8. The highest BCUT2D eigenvalue weighted by molar-refractivity contribution is 8.18. The first kappa shape index (κ1) is 17.2. The Morgan fingerprint density at radius 1 is 1.16 bits per heavy atom. The molecule has 7 nitrogen and oxygen atoms in total. The molecule has 0 aromatic heterocycles. The third-order valence-electron chi connectivity index (χ3n) is 3.91. The van der Waals surface area contributed by atoms with Crippen LogP contribution in [0.15, 0.2) is 34.2 Å². The van der Waals surface area contributed by atoms with Gasteiger partial charge in [0.05, 0.1) is 28.7 Å². The summed E-state index contributed by atoms with van der Waals surface area (Å²) < 4.78 is 0. The quantitative estimate of drug-likeness (QED) is 0.729. The Bertz CT molecular complexity index is 831. The summed E-state index contributed by atoms with van der Waals surface area (Å²) in [6.07, 6.45) is 0. The van der Waals surface area contributed by atoms with Gasteiger partial charge in [-0.05, 0) is 31.7 Å². The second-order valence-corrected chi connectivity index (χ2v) is 6.37. The van der Waals surface area contributed by atoms with Gasteiger partial charge in [-0.25, -0.2) is 0 Å². The van der Waals surface area contributed by atoms with Crippen LogP contribution in [0.5, 0.6) is 0 Å². The van der Waals surface area contributed by atoms with Crippen molar-refractivity contribution in [1.82, 2.24) is 4.90 Å². The van der Waals surface area contributed by atoms with Gasteiger partial charge in [0.1, 0.15) is 0 Å². The number of likely N-dealkylation sites (N-methyl/N-ethyl adjacent to an activating group) is 1. The largest absolute Gasteiger partial charge is 0.548 e. The number of rotatable bonds is 4. The van der Waals surface area contributed by atoms with Crippen LogP contribution in [0, 0.1) is 0 Å². The van der Waals surface area contributed by atoms with Crippen LogP contribution in [0.2, 0.25) is 0 Å². The van der Waals surface area contributed by atoms with Crippen molar-refractivity contribution in [1.29, 1.82) is 0 Å². The van der Waals surface area contributed by atoms with Crippen LogP contribution in [-0.2, 0) is 14.4 Å². The summed E-state index contributed by atoms with van der Waals surface area (Å²) >= 11 is 1.16. The molecule has 0 bridgehead atoms. The standard InChI is InChI=1S/C17H17N3O4S/c1-3-18-17-19(4-2)16(24)14(25-17)13-10-7-5-6-8-11(10)20(15(13)23)9-12(21)22/h5-8H,3-4,9H2,1-2H3,(H,21,22)/p-1/b14-13-,18-17?. The van der Waals surface area contributed by atoms with E-state index in [0.29, 0.717) is 29.5 Å². The molecule has 0 aliphatic carbocycles. The fraction of sp³-hybridized carbons (Fsp3) is 0.294. The van der Waals surface area contributed by atoms with Crippen LogP contribution in [0.1, 0.15) is 19.4 Å². The second kappa shape index (κ2) is 6.72. The molecular formula is C17H16N3O4S-. The number of amidine groups is 1. The Kier molecular flexibility index (Phi) is 4.63. The number of para-hydroxylation sites is 1. The molecule has 8 heteroatoms. The van der Waals surface area contributed by atoms with Gasteiger partial charge >= 0.3 is 0 Å². The molecule has 2 amide bonds. The van der Waals surface area contributed by atoms with Crippen molar-refractivity contribution in [3.05, 3.63) is 34.7 Å².